The fourth-order valence-corrected chi connectivity index (χ4v) is 4.04. The van der Waals surface area contributed by atoms with Crippen LogP contribution in [-0.2, 0) is 22.6 Å². The van der Waals surface area contributed by atoms with Gasteiger partial charge in [0.15, 0.2) is 0 Å². The number of aryl methyl sites for hydroxylation is 2. The van der Waals surface area contributed by atoms with Crippen molar-refractivity contribution in [2.24, 2.45) is 0 Å². The van der Waals surface area contributed by atoms with Crippen molar-refractivity contribution >= 4 is 34.9 Å². The molecule has 0 saturated carbocycles. The summed E-state index contributed by atoms with van der Waals surface area (Å²) in [5, 5.41) is 8.23. The summed E-state index contributed by atoms with van der Waals surface area (Å²) >= 11 is 5.97. The van der Waals surface area contributed by atoms with Crippen molar-refractivity contribution in [1.82, 2.24) is 9.78 Å². The number of benzene rings is 2. The molecule has 2 heterocycles. The zero-order chi connectivity index (χ0) is 21.3. The number of amides is 2. The Hall–Kier alpha value is -3.12. The van der Waals surface area contributed by atoms with Gasteiger partial charge in [-0.3, -0.25) is 14.5 Å². The Morgan fingerprint density at radius 1 is 1.10 bits per heavy atom. The third-order valence-corrected chi connectivity index (χ3v) is 5.44. The molecular formula is C23H23ClN4O2. The van der Waals surface area contributed by atoms with Gasteiger partial charge in [-0.1, -0.05) is 41.9 Å². The molecule has 0 radical (unpaired) electrons. The highest BCUT2D eigenvalue weighted by molar-refractivity contribution is 6.30. The molecule has 1 N–H and O–H groups in total. The maximum atomic E-state index is 13.3. The van der Waals surface area contributed by atoms with Crippen molar-refractivity contribution in [1.29, 1.82) is 0 Å². The summed E-state index contributed by atoms with van der Waals surface area (Å²) in [5.74, 6) is 0.656. The first-order valence-corrected chi connectivity index (χ1v) is 10.3. The minimum Gasteiger partial charge on any atom is -0.326 e. The maximum absolute atomic E-state index is 13.3. The summed E-state index contributed by atoms with van der Waals surface area (Å²) < 4.78 is 1.90. The highest BCUT2D eigenvalue weighted by atomic mass is 35.5. The first-order valence-electron chi connectivity index (χ1n) is 9.93. The quantitative estimate of drug-likeness (QED) is 0.675. The number of fused-ring (bicyclic) bond motifs is 1. The number of nitrogens with one attached hydrogen (secondary N) is 1. The van der Waals surface area contributed by atoms with Crippen molar-refractivity contribution in [2.75, 3.05) is 16.8 Å². The largest absolute Gasteiger partial charge is 0.326 e. The average Bonchev–Trinajstić information content (AvgIpc) is 3.05. The number of para-hydroxylation sites is 1. The number of hydrogen-bond acceptors (Lipinski definition) is 3. The molecule has 6 nitrogen and oxygen atoms in total. The van der Waals surface area contributed by atoms with Gasteiger partial charge in [0.1, 0.15) is 5.82 Å². The molecule has 0 atom stereocenters. The molecule has 1 aromatic heterocycles. The van der Waals surface area contributed by atoms with E-state index >= 15 is 0 Å². The van der Waals surface area contributed by atoms with E-state index < -0.39 is 0 Å². The van der Waals surface area contributed by atoms with Gasteiger partial charge in [0.25, 0.3) is 0 Å². The van der Waals surface area contributed by atoms with Crippen LogP contribution in [-0.4, -0.2) is 28.1 Å². The number of hydrogen-bond donors (Lipinski definition) is 1. The van der Waals surface area contributed by atoms with E-state index in [2.05, 4.69) is 5.32 Å². The predicted octanol–water partition coefficient (Wildman–Crippen LogP) is 4.45. The minimum atomic E-state index is -0.142. The van der Waals surface area contributed by atoms with Crippen LogP contribution in [0.15, 0.2) is 48.5 Å². The first kappa shape index (κ1) is 20.2. The van der Waals surface area contributed by atoms with Gasteiger partial charge in [0.2, 0.25) is 11.8 Å². The Balaban J connectivity index is 1.75. The molecule has 1 aliphatic rings. The molecule has 0 unspecified atom stereocenters. The molecule has 0 aliphatic carbocycles. The van der Waals surface area contributed by atoms with Crippen LogP contribution >= 0.6 is 11.6 Å². The van der Waals surface area contributed by atoms with Gasteiger partial charge >= 0.3 is 0 Å². The summed E-state index contributed by atoms with van der Waals surface area (Å²) in [4.78, 5) is 26.8. The van der Waals surface area contributed by atoms with E-state index in [1.54, 1.807) is 12.1 Å². The Morgan fingerprint density at radius 3 is 2.57 bits per heavy atom. The second kappa shape index (κ2) is 8.32. The number of rotatable bonds is 4. The Labute approximate surface area is 180 Å². The second-order valence-electron chi connectivity index (χ2n) is 7.44. The standard InChI is InChI=1S/C23H23ClN4O2/c1-15-22(19-6-3-4-7-20(19)25-16(2)29)23-27(12-5-13-28(23)26-15)21(30)14-17-8-10-18(24)11-9-17/h3-4,6-11H,5,12-14H2,1-2H3,(H,25,29). The van der Waals surface area contributed by atoms with Crippen LogP contribution in [0.1, 0.15) is 24.6 Å². The number of halogens is 1. The molecule has 1 aliphatic heterocycles. The van der Waals surface area contributed by atoms with E-state index in [0.29, 0.717) is 17.3 Å². The van der Waals surface area contributed by atoms with Gasteiger partial charge in [-0.05, 0) is 37.1 Å². The van der Waals surface area contributed by atoms with Crippen molar-refractivity contribution in [3.05, 3.63) is 64.8 Å². The lowest BCUT2D eigenvalue weighted by Gasteiger charge is -2.29. The van der Waals surface area contributed by atoms with Crippen LogP contribution in [0.2, 0.25) is 5.02 Å². The number of aromatic nitrogens is 2. The van der Waals surface area contributed by atoms with Gasteiger partial charge < -0.3 is 5.32 Å². The third kappa shape index (κ3) is 3.96. The van der Waals surface area contributed by atoms with Crippen LogP contribution in [0.4, 0.5) is 11.5 Å². The zero-order valence-electron chi connectivity index (χ0n) is 17.0. The molecule has 2 aromatic carbocycles. The second-order valence-corrected chi connectivity index (χ2v) is 7.87. The topological polar surface area (TPSA) is 67.2 Å². The fraction of sp³-hybridized carbons (Fsp3) is 0.261. The van der Waals surface area contributed by atoms with Crippen LogP contribution in [0, 0.1) is 6.92 Å². The highest BCUT2D eigenvalue weighted by Gasteiger charge is 2.30. The van der Waals surface area contributed by atoms with E-state index in [1.165, 1.54) is 6.92 Å². The summed E-state index contributed by atoms with van der Waals surface area (Å²) in [5.41, 5.74) is 4.19. The zero-order valence-corrected chi connectivity index (χ0v) is 17.7. The van der Waals surface area contributed by atoms with Crippen LogP contribution in [0.5, 0.6) is 0 Å². The minimum absolute atomic E-state index is 0.0106. The molecule has 2 amide bonds. The Kier molecular flexibility index (Phi) is 5.59. The van der Waals surface area contributed by atoms with E-state index in [1.807, 2.05) is 52.9 Å². The summed E-state index contributed by atoms with van der Waals surface area (Å²) in [7, 11) is 0. The lowest BCUT2D eigenvalue weighted by Crippen LogP contribution is -2.38. The molecule has 3 aromatic rings. The van der Waals surface area contributed by atoms with Crippen molar-refractivity contribution in [3.8, 4) is 11.1 Å². The molecule has 7 heteroatoms. The molecular weight excluding hydrogens is 400 g/mol. The number of carbonyl (C=O) groups is 2. The van der Waals surface area contributed by atoms with Crippen LogP contribution in [0.3, 0.4) is 0 Å². The molecule has 154 valence electrons. The Bertz CT molecular complexity index is 1100. The highest BCUT2D eigenvalue weighted by Crippen LogP contribution is 2.40. The number of anilines is 2. The van der Waals surface area contributed by atoms with Crippen molar-refractivity contribution < 1.29 is 9.59 Å². The van der Waals surface area contributed by atoms with E-state index in [9.17, 15) is 9.59 Å². The molecule has 4 rings (SSSR count). The SMILES string of the molecule is CC(=O)Nc1ccccc1-c1c(C)nn2c1N(C(=O)Cc1ccc(Cl)cc1)CCC2. The van der Waals surface area contributed by atoms with Crippen molar-refractivity contribution in [2.45, 2.75) is 33.2 Å². The van der Waals surface area contributed by atoms with E-state index in [-0.39, 0.29) is 18.2 Å². The lowest BCUT2D eigenvalue weighted by molar-refractivity contribution is -0.118. The monoisotopic (exact) mass is 422 g/mol. The van der Waals surface area contributed by atoms with Crippen LogP contribution in [0.25, 0.3) is 11.1 Å². The number of nitrogens with zero attached hydrogens (tertiary/aromatic N) is 3. The van der Waals surface area contributed by atoms with Crippen LogP contribution < -0.4 is 10.2 Å². The fourth-order valence-electron chi connectivity index (χ4n) is 3.91. The summed E-state index contributed by atoms with van der Waals surface area (Å²) in [6, 6.07) is 15.0. The molecule has 0 bridgehead atoms. The molecule has 30 heavy (non-hydrogen) atoms. The lowest BCUT2D eigenvalue weighted by atomic mass is 10.0. The molecule has 0 fully saturated rings. The smallest absolute Gasteiger partial charge is 0.232 e. The molecule has 0 saturated heterocycles. The normalized spacial score (nSPS) is 13.1. The Morgan fingerprint density at radius 2 is 1.83 bits per heavy atom. The number of carbonyl (C=O) groups excluding carboxylic acids is 2. The average molecular weight is 423 g/mol. The van der Waals surface area contributed by atoms with Gasteiger partial charge in [-0.25, -0.2) is 4.68 Å². The summed E-state index contributed by atoms with van der Waals surface area (Å²) in [6.07, 6.45) is 1.13. The van der Waals surface area contributed by atoms with E-state index in [4.69, 9.17) is 16.7 Å². The van der Waals surface area contributed by atoms with Gasteiger partial charge in [-0.2, -0.15) is 5.10 Å². The molecule has 0 spiro atoms. The van der Waals surface area contributed by atoms with Gasteiger partial charge in [-0.15, -0.1) is 0 Å². The van der Waals surface area contributed by atoms with Gasteiger partial charge in [0.05, 0.1) is 12.1 Å². The third-order valence-electron chi connectivity index (χ3n) is 5.18. The summed E-state index contributed by atoms with van der Waals surface area (Å²) in [6.45, 7) is 4.81. The van der Waals surface area contributed by atoms with E-state index in [0.717, 1.165) is 41.2 Å². The first-order chi connectivity index (χ1) is 14.4. The van der Waals surface area contributed by atoms with Crippen molar-refractivity contribution in [3.63, 3.8) is 0 Å². The maximum Gasteiger partial charge on any atom is 0.232 e. The van der Waals surface area contributed by atoms with Gasteiger partial charge in [0, 0.05) is 41.9 Å². The predicted molar refractivity (Wildman–Crippen MR) is 119 cm³/mol.